The number of hydrogen-bond acceptors (Lipinski definition) is 4. The molecule has 2 N–H and O–H groups in total. The molecule has 21 heavy (non-hydrogen) atoms. The number of benzene rings is 1. The SMILES string of the molecule is CC(=O)Nc1ccccc1CNc1nc(C(C)C)nn1C. The van der Waals surface area contributed by atoms with Gasteiger partial charge in [-0.05, 0) is 11.6 Å². The number of aromatic nitrogens is 3. The van der Waals surface area contributed by atoms with Crippen LogP contribution in [0.25, 0.3) is 0 Å². The quantitative estimate of drug-likeness (QED) is 0.886. The van der Waals surface area contributed by atoms with Crippen molar-refractivity contribution in [1.82, 2.24) is 14.8 Å². The van der Waals surface area contributed by atoms with Gasteiger partial charge in [-0.1, -0.05) is 32.0 Å². The third-order valence-electron chi connectivity index (χ3n) is 3.06. The van der Waals surface area contributed by atoms with Crippen molar-refractivity contribution in [2.45, 2.75) is 33.2 Å². The number of carbonyl (C=O) groups is 1. The van der Waals surface area contributed by atoms with E-state index in [4.69, 9.17) is 0 Å². The van der Waals surface area contributed by atoms with Crippen molar-refractivity contribution in [3.05, 3.63) is 35.7 Å². The topological polar surface area (TPSA) is 71.8 Å². The van der Waals surface area contributed by atoms with Crippen molar-refractivity contribution in [2.24, 2.45) is 7.05 Å². The molecule has 0 aliphatic carbocycles. The average molecular weight is 287 g/mol. The van der Waals surface area contributed by atoms with E-state index < -0.39 is 0 Å². The standard InChI is InChI=1S/C15H21N5O/c1-10(2)14-18-15(20(4)19-14)16-9-12-7-5-6-8-13(12)17-11(3)21/h5-8,10H,9H2,1-4H3,(H,17,21)(H,16,18,19). The first-order valence-corrected chi connectivity index (χ1v) is 6.97. The van der Waals surface area contributed by atoms with Gasteiger partial charge in [-0.3, -0.25) is 4.79 Å². The van der Waals surface area contributed by atoms with Gasteiger partial charge in [0.1, 0.15) is 0 Å². The van der Waals surface area contributed by atoms with Crippen LogP contribution in [0.2, 0.25) is 0 Å². The number of rotatable bonds is 5. The van der Waals surface area contributed by atoms with Gasteiger partial charge < -0.3 is 10.6 Å². The van der Waals surface area contributed by atoms with Gasteiger partial charge in [0.25, 0.3) is 0 Å². The van der Waals surface area contributed by atoms with Gasteiger partial charge in [0, 0.05) is 32.1 Å². The van der Waals surface area contributed by atoms with Crippen LogP contribution in [0, 0.1) is 0 Å². The average Bonchev–Trinajstić information content (AvgIpc) is 2.79. The number of nitrogens with one attached hydrogen (secondary N) is 2. The van der Waals surface area contributed by atoms with Gasteiger partial charge in [0.05, 0.1) is 0 Å². The summed E-state index contributed by atoms with van der Waals surface area (Å²) >= 11 is 0. The summed E-state index contributed by atoms with van der Waals surface area (Å²) in [7, 11) is 1.86. The van der Waals surface area contributed by atoms with E-state index in [9.17, 15) is 4.79 Å². The molecule has 0 spiro atoms. The maximum Gasteiger partial charge on any atom is 0.221 e. The second-order valence-electron chi connectivity index (χ2n) is 5.26. The second-order valence-corrected chi connectivity index (χ2v) is 5.26. The molecule has 1 amide bonds. The van der Waals surface area contributed by atoms with Crippen molar-refractivity contribution in [2.75, 3.05) is 10.6 Å². The molecule has 0 saturated heterocycles. The molecule has 0 saturated carbocycles. The molecule has 0 aliphatic heterocycles. The molecule has 0 unspecified atom stereocenters. The molecular formula is C15H21N5O. The summed E-state index contributed by atoms with van der Waals surface area (Å²) in [6, 6.07) is 7.69. The summed E-state index contributed by atoms with van der Waals surface area (Å²) in [5, 5.41) is 10.4. The first-order chi connectivity index (χ1) is 9.97. The normalized spacial score (nSPS) is 10.7. The maximum atomic E-state index is 11.2. The number of para-hydroxylation sites is 1. The number of anilines is 2. The Hall–Kier alpha value is -2.37. The number of nitrogens with zero attached hydrogens (tertiary/aromatic N) is 3. The zero-order valence-corrected chi connectivity index (χ0v) is 12.8. The van der Waals surface area contributed by atoms with Crippen molar-refractivity contribution >= 4 is 17.5 Å². The van der Waals surface area contributed by atoms with Crippen LogP contribution in [0.4, 0.5) is 11.6 Å². The van der Waals surface area contributed by atoms with Crippen LogP contribution in [0.1, 0.15) is 38.1 Å². The number of hydrogen-bond donors (Lipinski definition) is 2. The molecule has 6 heteroatoms. The minimum atomic E-state index is -0.0804. The molecule has 0 radical (unpaired) electrons. The van der Waals surface area contributed by atoms with E-state index in [0.29, 0.717) is 12.5 Å². The highest BCUT2D eigenvalue weighted by atomic mass is 16.1. The number of amides is 1. The largest absolute Gasteiger partial charge is 0.350 e. The first kappa shape index (κ1) is 15.0. The first-order valence-electron chi connectivity index (χ1n) is 6.97. The van der Waals surface area contributed by atoms with Crippen molar-refractivity contribution in [3.63, 3.8) is 0 Å². The molecule has 1 aromatic carbocycles. The molecule has 1 aromatic heterocycles. The smallest absolute Gasteiger partial charge is 0.221 e. The van der Waals surface area contributed by atoms with Crippen molar-refractivity contribution in [1.29, 1.82) is 0 Å². The lowest BCUT2D eigenvalue weighted by atomic mass is 10.1. The molecule has 0 atom stereocenters. The summed E-state index contributed by atoms with van der Waals surface area (Å²) in [5.41, 5.74) is 1.81. The zero-order valence-electron chi connectivity index (χ0n) is 12.8. The third kappa shape index (κ3) is 3.81. The number of carbonyl (C=O) groups excluding carboxylic acids is 1. The second kappa shape index (κ2) is 6.39. The van der Waals surface area contributed by atoms with Crippen molar-refractivity contribution < 1.29 is 4.79 Å². The summed E-state index contributed by atoms with van der Waals surface area (Å²) < 4.78 is 1.73. The molecule has 0 aliphatic rings. The predicted octanol–water partition coefficient (Wildman–Crippen LogP) is 2.51. The minimum absolute atomic E-state index is 0.0804. The van der Waals surface area contributed by atoms with Crippen LogP contribution in [0.3, 0.4) is 0 Å². The molecular weight excluding hydrogens is 266 g/mol. The lowest BCUT2D eigenvalue weighted by Crippen LogP contribution is -2.11. The highest BCUT2D eigenvalue weighted by Gasteiger charge is 2.10. The Kier molecular flexibility index (Phi) is 4.57. The fourth-order valence-corrected chi connectivity index (χ4v) is 1.96. The monoisotopic (exact) mass is 287 g/mol. The fourth-order valence-electron chi connectivity index (χ4n) is 1.96. The Morgan fingerprint density at radius 3 is 2.67 bits per heavy atom. The minimum Gasteiger partial charge on any atom is -0.350 e. The van der Waals surface area contributed by atoms with Crippen molar-refractivity contribution in [3.8, 4) is 0 Å². The number of aryl methyl sites for hydroxylation is 1. The Labute approximate surface area is 124 Å². The third-order valence-corrected chi connectivity index (χ3v) is 3.06. The van der Waals surface area contributed by atoms with E-state index in [1.165, 1.54) is 6.92 Å². The molecule has 2 aromatic rings. The van der Waals surface area contributed by atoms with E-state index in [1.807, 2.05) is 31.3 Å². The lowest BCUT2D eigenvalue weighted by Gasteiger charge is -2.10. The van der Waals surface area contributed by atoms with E-state index in [-0.39, 0.29) is 5.91 Å². The Balaban J connectivity index is 2.11. The molecule has 0 fully saturated rings. The molecule has 6 nitrogen and oxygen atoms in total. The highest BCUT2D eigenvalue weighted by Crippen LogP contribution is 2.17. The summed E-state index contributed by atoms with van der Waals surface area (Å²) in [6.07, 6.45) is 0. The van der Waals surface area contributed by atoms with Gasteiger partial charge in [0.2, 0.25) is 11.9 Å². The van der Waals surface area contributed by atoms with E-state index >= 15 is 0 Å². The van der Waals surface area contributed by atoms with Crippen LogP contribution in [0.15, 0.2) is 24.3 Å². The Morgan fingerprint density at radius 2 is 2.05 bits per heavy atom. The van der Waals surface area contributed by atoms with Crippen LogP contribution in [-0.2, 0) is 18.4 Å². The van der Waals surface area contributed by atoms with Gasteiger partial charge in [-0.25, -0.2) is 4.68 Å². The highest BCUT2D eigenvalue weighted by molar-refractivity contribution is 5.89. The molecule has 0 bridgehead atoms. The predicted molar refractivity (Wildman–Crippen MR) is 83.2 cm³/mol. The molecule has 112 valence electrons. The molecule has 1 heterocycles. The lowest BCUT2D eigenvalue weighted by molar-refractivity contribution is -0.114. The van der Waals surface area contributed by atoms with Crippen LogP contribution in [-0.4, -0.2) is 20.7 Å². The fraction of sp³-hybridized carbons (Fsp3) is 0.400. The summed E-state index contributed by atoms with van der Waals surface area (Å²) in [4.78, 5) is 15.7. The van der Waals surface area contributed by atoms with Crippen LogP contribution >= 0.6 is 0 Å². The maximum absolute atomic E-state index is 11.2. The van der Waals surface area contributed by atoms with E-state index in [1.54, 1.807) is 4.68 Å². The van der Waals surface area contributed by atoms with E-state index in [2.05, 4.69) is 34.6 Å². The Bertz CT molecular complexity index is 633. The molecule has 2 rings (SSSR count). The summed E-state index contributed by atoms with van der Waals surface area (Å²) in [6.45, 7) is 6.19. The van der Waals surface area contributed by atoms with Crippen LogP contribution < -0.4 is 10.6 Å². The summed E-state index contributed by atoms with van der Waals surface area (Å²) in [5.74, 6) is 1.74. The van der Waals surface area contributed by atoms with Gasteiger partial charge in [-0.2, -0.15) is 10.1 Å². The van der Waals surface area contributed by atoms with Gasteiger partial charge in [0.15, 0.2) is 5.82 Å². The van der Waals surface area contributed by atoms with Gasteiger partial charge in [-0.15, -0.1) is 0 Å². The van der Waals surface area contributed by atoms with Crippen LogP contribution in [0.5, 0.6) is 0 Å². The van der Waals surface area contributed by atoms with Gasteiger partial charge >= 0.3 is 0 Å². The Morgan fingerprint density at radius 1 is 1.33 bits per heavy atom. The zero-order chi connectivity index (χ0) is 15.4. The van der Waals surface area contributed by atoms with E-state index in [0.717, 1.165) is 23.0 Å².